The Morgan fingerprint density at radius 3 is 2.74 bits per heavy atom. The summed E-state index contributed by atoms with van der Waals surface area (Å²) in [6.07, 6.45) is 3.62. The molecule has 0 spiro atoms. The molecule has 1 fully saturated rings. The second-order valence-electron chi connectivity index (χ2n) is 9.04. The van der Waals surface area contributed by atoms with Crippen LogP contribution in [0.15, 0.2) is 12.4 Å². The number of likely N-dealkylation sites (N-methyl/N-ethyl adjacent to an activating group) is 1. The fourth-order valence-electron chi connectivity index (χ4n) is 5.08. The lowest BCUT2D eigenvalue weighted by Crippen LogP contribution is -2.32. The van der Waals surface area contributed by atoms with Crippen LogP contribution in [0.3, 0.4) is 0 Å². The van der Waals surface area contributed by atoms with Gasteiger partial charge in [0.2, 0.25) is 5.95 Å². The number of halogens is 2. The standard InChI is InChI=1S/C24H21F2N7OS/c1-32(2)11-3-4-33(8-11)24-30-6-13-14-9-34-10-15(14)17(20(26)21(13)31-24)19-16(25)7-29-23-18(19)12(5-27)22(28)35-23/h6-7,11H,3-4,8-10,28H2,1-2H3/t11-/m0/s1. The van der Waals surface area contributed by atoms with Crippen molar-refractivity contribution in [1.29, 1.82) is 5.26 Å². The highest BCUT2D eigenvalue weighted by molar-refractivity contribution is 7.22. The molecular formula is C24H21F2N7OS. The molecule has 0 unspecified atom stereocenters. The molecule has 0 aliphatic carbocycles. The lowest BCUT2D eigenvalue weighted by molar-refractivity contribution is 0.135. The molecule has 1 saturated heterocycles. The Bertz CT molecular complexity index is 1560. The molecule has 6 rings (SSSR count). The first-order valence-electron chi connectivity index (χ1n) is 11.1. The second-order valence-corrected chi connectivity index (χ2v) is 10.1. The Balaban J connectivity index is 1.62. The lowest BCUT2D eigenvalue weighted by atomic mass is 9.91. The summed E-state index contributed by atoms with van der Waals surface area (Å²) < 4.78 is 37.4. The number of nitrogens with zero attached hydrogens (tertiary/aromatic N) is 6. The molecule has 1 aromatic carbocycles. The monoisotopic (exact) mass is 493 g/mol. The maximum atomic E-state index is 16.4. The summed E-state index contributed by atoms with van der Waals surface area (Å²) in [5, 5.41) is 10.7. The molecule has 35 heavy (non-hydrogen) atoms. The van der Waals surface area contributed by atoms with Crippen molar-refractivity contribution in [2.75, 3.05) is 37.8 Å². The molecule has 5 heterocycles. The van der Waals surface area contributed by atoms with Gasteiger partial charge in [-0.1, -0.05) is 11.3 Å². The molecule has 0 saturated carbocycles. The van der Waals surface area contributed by atoms with E-state index in [1.807, 2.05) is 25.1 Å². The summed E-state index contributed by atoms with van der Waals surface area (Å²) in [6.45, 7) is 1.85. The number of aromatic nitrogens is 3. The van der Waals surface area contributed by atoms with Crippen LogP contribution in [0.25, 0.3) is 32.2 Å². The van der Waals surface area contributed by atoms with E-state index in [1.165, 1.54) is 0 Å². The SMILES string of the molecule is CN(C)[C@H]1CCN(c2ncc3c4c(c(-c5c(F)cnc6sc(N)c(C#N)c56)c(F)c3n2)COC4)C1. The van der Waals surface area contributed by atoms with Gasteiger partial charge in [-0.05, 0) is 31.6 Å². The minimum Gasteiger partial charge on any atom is -0.389 e. The molecule has 2 aliphatic rings. The van der Waals surface area contributed by atoms with E-state index in [-0.39, 0.29) is 45.8 Å². The summed E-state index contributed by atoms with van der Waals surface area (Å²) in [5.74, 6) is -0.971. The van der Waals surface area contributed by atoms with Crippen LogP contribution in [0.4, 0.5) is 19.7 Å². The lowest BCUT2D eigenvalue weighted by Gasteiger charge is -2.21. The van der Waals surface area contributed by atoms with E-state index in [4.69, 9.17) is 10.5 Å². The zero-order chi connectivity index (χ0) is 24.4. The average Bonchev–Trinajstić information content (AvgIpc) is 3.58. The van der Waals surface area contributed by atoms with Gasteiger partial charge in [0.15, 0.2) is 5.82 Å². The summed E-state index contributed by atoms with van der Waals surface area (Å²) in [5.41, 5.74) is 7.47. The first kappa shape index (κ1) is 22.0. The number of hydrogen-bond donors (Lipinski definition) is 1. The minimum atomic E-state index is -0.734. The molecule has 0 radical (unpaired) electrons. The van der Waals surface area contributed by atoms with Gasteiger partial charge in [-0.25, -0.2) is 23.7 Å². The minimum absolute atomic E-state index is 0.0327. The van der Waals surface area contributed by atoms with Crippen LogP contribution >= 0.6 is 11.3 Å². The van der Waals surface area contributed by atoms with Gasteiger partial charge >= 0.3 is 0 Å². The zero-order valence-corrected chi connectivity index (χ0v) is 19.9. The van der Waals surface area contributed by atoms with Crippen molar-refractivity contribution in [1.82, 2.24) is 19.9 Å². The number of thiophene rings is 1. The van der Waals surface area contributed by atoms with E-state index >= 15 is 8.78 Å². The first-order chi connectivity index (χ1) is 16.9. The summed E-state index contributed by atoms with van der Waals surface area (Å²) >= 11 is 1.07. The number of benzene rings is 1. The van der Waals surface area contributed by atoms with Crippen molar-refractivity contribution in [3.05, 3.63) is 40.7 Å². The fourth-order valence-corrected chi connectivity index (χ4v) is 5.95. The largest absolute Gasteiger partial charge is 0.389 e. The first-order valence-corrected chi connectivity index (χ1v) is 12.0. The third kappa shape index (κ3) is 3.25. The maximum absolute atomic E-state index is 16.4. The highest BCUT2D eigenvalue weighted by atomic mass is 32.1. The highest BCUT2D eigenvalue weighted by Crippen LogP contribution is 2.45. The highest BCUT2D eigenvalue weighted by Gasteiger charge is 2.32. The van der Waals surface area contributed by atoms with E-state index in [0.29, 0.717) is 27.8 Å². The number of nitrogens with two attached hydrogens (primary N) is 1. The van der Waals surface area contributed by atoms with E-state index in [1.54, 1.807) is 6.20 Å². The Kier molecular flexibility index (Phi) is 5.07. The third-order valence-electron chi connectivity index (χ3n) is 6.93. The second kappa shape index (κ2) is 8.05. The van der Waals surface area contributed by atoms with Crippen LogP contribution < -0.4 is 10.6 Å². The van der Waals surface area contributed by atoms with Gasteiger partial charge in [0.05, 0.1) is 25.0 Å². The van der Waals surface area contributed by atoms with Crippen molar-refractivity contribution in [2.45, 2.75) is 25.7 Å². The zero-order valence-electron chi connectivity index (χ0n) is 19.1. The normalized spacial score (nSPS) is 17.6. The van der Waals surface area contributed by atoms with Crippen molar-refractivity contribution < 1.29 is 13.5 Å². The van der Waals surface area contributed by atoms with E-state index < -0.39 is 11.6 Å². The van der Waals surface area contributed by atoms with Crippen LogP contribution in [0.5, 0.6) is 0 Å². The van der Waals surface area contributed by atoms with Crippen molar-refractivity contribution in [3.8, 4) is 17.2 Å². The molecular weight excluding hydrogens is 472 g/mol. The third-order valence-corrected chi connectivity index (χ3v) is 7.85. The van der Waals surface area contributed by atoms with E-state index in [9.17, 15) is 5.26 Å². The molecule has 2 aliphatic heterocycles. The Labute approximate surface area is 203 Å². The van der Waals surface area contributed by atoms with Crippen LogP contribution in [0.2, 0.25) is 0 Å². The number of nitrogen functional groups attached to an aromatic ring is 1. The van der Waals surface area contributed by atoms with Gasteiger partial charge in [0.1, 0.15) is 27.2 Å². The molecule has 0 bridgehead atoms. The van der Waals surface area contributed by atoms with Gasteiger partial charge in [0.25, 0.3) is 0 Å². The molecule has 2 N–H and O–H groups in total. The van der Waals surface area contributed by atoms with E-state index in [0.717, 1.165) is 42.6 Å². The van der Waals surface area contributed by atoms with Crippen LogP contribution in [-0.4, -0.2) is 53.1 Å². The number of nitriles is 1. The summed E-state index contributed by atoms with van der Waals surface area (Å²) in [7, 11) is 4.06. The molecule has 11 heteroatoms. The van der Waals surface area contributed by atoms with Crippen molar-refractivity contribution in [3.63, 3.8) is 0 Å². The molecule has 1 atom stereocenters. The molecule has 3 aromatic heterocycles. The quantitative estimate of drug-likeness (QED) is 0.460. The summed E-state index contributed by atoms with van der Waals surface area (Å²) in [4.78, 5) is 17.8. The maximum Gasteiger partial charge on any atom is 0.226 e. The Morgan fingerprint density at radius 2 is 2.00 bits per heavy atom. The Morgan fingerprint density at radius 1 is 1.20 bits per heavy atom. The smallest absolute Gasteiger partial charge is 0.226 e. The van der Waals surface area contributed by atoms with Gasteiger partial charge in [-0.3, -0.25) is 0 Å². The van der Waals surface area contributed by atoms with Crippen LogP contribution in [0, 0.1) is 23.0 Å². The fraction of sp³-hybridized carbons (Fsp3) is 0.333. The number of hydrogen-bond acceptors (Lipinski definition) is 9. The molecule has 0 amide bonds. The molecule has 4 aromatic rings. The van der Waals surface area contributed by atoms with Gasteiger partial charge in [-0.15, -0.1) is 0 Å². The molecule has 8 nitrogen and oxygen atoms in total. The predicted molar refractivity (Wildman–Crippen MR) is 130 cm³/mol. The number of fused-ring (bicyclic) bond motifs is 4. The van der Waals surface area contributed by atoms with Gasteiger partial charge in [-0.2, -0.15) is 5.26 Å². The summed E-state index contributed by atoms with van der Waals surface area (Å²) in [6, 6.07) is 2.39. The van der Waals surface area contributed by atoms with Crippen LogP contribution in [0.1, 0.15) is 23.1 Å². The van der Waals surface area contributed by atoms with Crippen LogP contribution in [-0.2, 0) is 18.0 Å². The Hall–Kier alpha value is -3.46. The van der Waals surface area contributed by atoms with Crippen molar-refractivity contribution in [2.24, 2.45) is 0 Å². The number of rotatable bonds is 3. The van der Waals surface area contributed by atoms with Gasteiger partial charge < -0.3 is 20.3 Å². The number of anilines is 2. The van der Waals surface area contributed by atoms with Crippen molar-refractivity contribution >= 4 is 43.4 Å². The number of pyridine rings is 1. The average molecular weight is 494 g/mol. The number of ether oxygens (including phenoxy) is 1. The van der Waals surface area contributed by atoms with E-state index in [2.05, 4.69) is 19.9 Å². The predicted octanol–water partition coefficient (Wildman–Crippen LogP) is 3.81. The molecule has 178 valence electrons. The topological polar surface area (TPSA) is 104 Å². The van der Waals surface area contributed by atoms with Gasteiger partial charge in [0, 0.05) is 47.2 Å².